The van der Waals surface area contributed by atoms with Gasteiger partial charge in [-0.1, -0.05) is 18.9 Å². The number of alkyl halides is 1. The molecule has 3 heteroatoms. The van der Waals surface area contributed by atoms with Crippen molar-refractivity contribution in [3.63, 3.8) is 0 Å². The van der Waals surface area contributed by atoms with Gasteiger partial charge < -0.3 is 4.57 Å². The second-order valence-electron chi connectivity index (χ2n) is 5.81. The Kier molecular flexibility index (Phi) is 3.53. The van der Waals surface area contributed by atoms with Crippen LogP contribution in [0.4, 0.5) is 0 Å². The van der Waals surface area contributed by atoms with Gasteiger partial charge in [-0.25, -0.2) is 4.98 Å². The molecule has 0 saturated heterocycles. The number of fused-ring (bicyclic) bond motifs is 1. The van der Waals surface area contributed by atoms with Gasteiger partial charge >= 0.3 is 0 Å². The molecule has 1 aliphatic rings. The lowest BCUT2D eigenvalue weighted by molar-refractivity contribution is 0.362. The van der Waals surface area contributed by atoms with Crippen LogP contribution >= 0.6 is 11.6 Å². The molecule has 3 rings (SSSR count). The summed E-state index contributed by atoms with van der Waals surface area (Å²) in [6, 6.07) is 7.02. The molecule has 19 heavy (non-hydrogen) atoms. The van der Waals surface area contributed by atoms with Crippen molar-refractivity contribution in [1.29, 1.82) is 0 Å². The fourth-order valence-electron chi connectivity index (χ4n) is 3.46. The van der Waals surface area contributed by atoms with Gasteiger partial charge in [-0.2, -0.15) is 0 Å². The number of rotatable bonds is 3. The Morgan fingerprint density at radius 2 is 2.11 bits per heavy atom. The molecule has 1 atom stereocenters. The first-order valence-electron chi connectivity index (χ1n) is 7.24. The van der Waals surface area contributed by atoms with Crippen molar-refractivity contribution in [2.75, 3.05) is 0 Å². The van der Waals surface area contributed by atoms with Gasteiger partial charge in [-0.05, 0) is 50.3 Å². The van der Waals surface area contributed by atoms with E-state index in [0.29, 0.717) is 11.9 Å². The number of aromatic nitrogens is 2. The zero-order valence-corrected chi connectivity index (χ0v) is 12.5. The van der Waals surface area contributed by atoms with E-state index in [0.717, 1.165) is 17.3 Å². The van der Waals surface area contributed by atoms with Crippen LogP contribution in [0.2, 0.25) is 0 Å². The lowest BCUT2D eigenvalue weighted by Gasteiger charge is -2.23. The summed E-state index contributed by atoms with van der Waals surface area (Å²) in [5.74, 6) is 2.28. The van der Waals surface area contributed by atoms with E-state index in [1.165, 1.54) is 36.8 Å². The molecule has 1 fully saturated rings. The molecule has 1 aromatic carbocycles. The van der Waals surface area contributed by atoms with Crippen LogP contribution in [0.5, 0.6) is 0 Å². The van der Waals surface area contributed by atoms with Crippen LogP contribution in [0.1, 0.15) is 50.0 Å². The summed E-state index contributed by atoms with van der Waals surface area (Å²) in [7, 11) is 0. The molecular weight excluding hydrogens is 256 g/mol. The van der Waals surface area contributed by atoms with Crippen LogP contribution in [-0.2, 0) is 5.88 Å². The number of nitrogens with zero attached hydrogens (tertiary/aromatic N) is 2. The van der Waals surface area contributed by atoms with E-state index in [-0.39, 0.29) is 0 Å². The van der Waals surface area contributed by atoms with Gasteiger partial charge in [0, 0.05) is 6.04 Å². The molecule has 1 saturated carbocycles. The number of imidazole rings is 1. The summed E-state index contributed by atoms with van der Waals surface area (Å²) in [6.07, 6.45) is 5.43. The minimum atomic E-state index is 0.491. The zero-order chi connectivity index (χ0) is 13.4. The summed E-state index contributed by atoms with van der Waals surface area (Å²) < 4.78 is 2.37. The van der Waals surface area contributed by atoms with Gasteiger partial charge in [0.2, 0.25) is 0 Å². The predicted molar refractivity (Wildman–Crippen MR) is 80.7 cm³/mol. The number of hydrogen-bond acceptors (Lipinski definition) is 1. The van der Waals surface area contributed by atoms with Crippen molar-refractivity contribution in [3.8, 4) is 0 Å². The molecule has 2 aromatic rings. The van der Waals surface area contributed by atoms with Crippen LogP contribution in [0, 0.1) is 12.8 Å². The van der Waals surface area contributed by atoms with Gasteiger partial charge in [0.05, 0.1) is 16.9 Å². The fourth-order valence-corrected chi connectivity index (χ4v) is 3.65. The molecule has 2 nitrogen and oxygen atoms in total. The van der Waals surface area contributed by atoms with E-state index in [4.69, 9.17) is 16.6 Å². The Balaban J connectivity index is 2.09. The summed E-state index contributed by atoms with van der Waals surface area (Å²) in [5.41, 5.74) is 3.58. The van der Waals surface area contributed by atoms with Crippen LogP contribution in [0.3, 0.4) is 0 Å². The normalized spacial score (nSPS) is 18.3. The van der Waals surface area contributed by atoms with Crippen molar-refractivity contribution in [2.24, 2.45) is 5.92 Å². The van der Waals surface area contributed by atoms with Crippen molar-refractivity contribution in [3.05, 3.63) is 29.6 Å². The van der Waals surface area contributed by atoms with E-state index in [1.807, 2.05) is 0 Å². The molecule has 102 valence electrons. The largest absolute Gasteiger partial charge is 0.324 e. The molecule has 0 amide bonds. The summed E-state index contributed by atoms with van der Waals surface area (Å²) >= 11 is 6.11. The highest BCUT2D eigenvalue weighted by atomic mass is 35.5. The van der Waals surface area contributed by atoms with Gasteiger partial charge in [0.15, 0.2) is 0 Å². The van der Waals surface area contributed by atoms with Gasteiger partial charge in [0.25, 0.3) is 0 Å². The van der Waals surface area contributed by atoms with E-state index in [9.17, 15) is 0 Å². The van der Waals surface area contributed by atoms with E-state index in [1.54, 1.807) is 0 Å². The Hall–Kier alpha value is -1.02. The molecule has 1 aliphatic carbocycles. The number of hydrogen-bond donors (Lipinski definition) is 0. The lowest BCUT2D eigenvalue weighted by Crippen LogP contribution is -2.16. The second-order valence-corrected chi connectivity index (χ2v) is 6.08. The van der Waals surface area contributed by atoms with Crippen LogP contribution in [0.15, 0.2) is 18.2 Å². The highest BCUT2D eigenvalue weighted by molar-refractivity contribution is 6.16. The molecule has 0 bridgehead atoms. The topological polar surface area (TPSA) is 17.8 Å². The molecular formula is C16H21ClN2. The average molecular weight is 277 g/mol. The van der Waals surface area contributed by atoms with Crippen molar-refractivity contribution in [1.82, 2.24) is 9.55 Å². The molecule has 1 aromatic heterocycles. The minimum absolute atomic E-state index is 0.491. The van der Waals surface area contributed by atoms with Gasteiger partial charge in [-0.15, -0.1) is 11.6 Å². The summed E-state index contributed by atoms with van der Waals surface area (Å²) in [5, 5.41) is 0. The van der Waals surface area contributed by atoms with E-state index < -0.39 is 0 Å². The van der Waals surface area contributed by atoms with Crippen LogP contribution < -0.4 is 0 Å². The Labute approximate surface area is 119 Å². The second kappa shape index (κ2) is 5.16. The molecule has 1 unspecified atom stereocenters. The fraction of sp³-hybridized carbons (Fsp3) is 0.562. The first-order chi connectivity index (χ1) is 9.20. The Bertz CT molecular complexity index is 582. The van der Waals surface area contributed by atoms with Crippen molar-refractivity contribution < 1.29 is 0 Å². The van der Waals surface area contributed by atoms with E-state index >= 15 is 0 Å². The molecule has 0 N–H and O–H groups in total. The first kappa shape index (κ1) is 13.0. The maximum Gasteiger partial charge on any atom is 0.125 e. The van der Waals surface area contributed by atoms with Crippen LogP contribution in [-0.4, -0.2) is 9.55 Å². The smallest absolute Gasteiger partial charge is 0.125 e. The maximum absolute atomic E-state index is 6.11. The van der Waals surface area contributed by atoms with Crippen molar-refractivity contribution >= 4 is 22.6 Å². The molecule has 0 spiro atoms. The highest BCUT2D eigenvalue weighted by Crippen LogP contribution is 2.36. The predicted octanol–water partition coefficient (Wildman–Crippen LogP) is 4.83. The van der Waals surface area contributed by atoms with Crippen molar-refractivity contribution in [2.45, 2.75) is 51.5 Å². The SMILES string of the molecule is Cc1ccc2c(c1)nc(CCl)n2C(C)C1CCCC1. The standard InChI is InChI=1S/C16H21ClN2/c1-11-7-8-15-14(9-11)18-16(10-17)19(15)12(2)13-5-3-4-6-13/h7-9,12-13H,3-6,10H2,1-2H3. The maximum atomic E-state index is 6.11. The number of benzene rings is 1. The summed E-state index contributed by atoms with van der Waals surface area (Å²) in [6.45, 7) is 4.44. The third kappa shape index (κ3) is 2.27. The van der Waals surface area contributed by atoms with Crippen LogP contribution in [0.25, 0.3) is 11.0 Å². The first-order valence-corrected chi connectivity index (χ1v) is 7.77. The third-order valence-electron chi connectivity index (χ3n) is 4.53. The number of aryl methyl sites for hydroxylation is 1. The van der Waals surface area contributed by atoms with Gasteiger partial charge in [-0.3, -0.25) is 0 Å². The van der Waals surface area contributed by atoms with E-state index in [2.05, 4.69) is 36.6 Å². The number of halogens is 1. The summed E-state index contributed by atoms with van der Waals surface area (Å²) in [4.78, 5) is 4.72. The Morgan fingerprint density at radius 3 is 2.79 bits per heavy atom. The average Bonchev–Trinajstić information content (AvgIpc) is 3.04. The molecule has 1 heterocycles. The molecule has 0 radical (unpaired) electrons. The highest BCUT2D eigenvalue weighted by Gasteiger charge is 2.25. The zero-order valence-electron chi connectivity index (χ0n) is 11.7. The molecule has 0 aliphatic heterocycles. The minimum Gasteiger partial charge on any atom is -0.324 e. The Morgan fingerprint density at radius 1 is 1.37 bits per heavy atom. The quantitative estimate of drug-likeness (QED) is 0.734. The monoisotopic (exact) mass is 276 g/mol. The van der Waals surface area contributed by atoms with Gasteiger partial charge in [0.1, 0.15) is 5.82 Å². The lowest BCUT2D eigenvalue weighted by atomic mass is 9.99. The third-order valence-corrected chi connectivity index (χ3v) is 4.77.